The second kappa shape index (κ2) is 111. The zero-order valence-corrected chi connectivity index (χ0v) is 56.8. The molecule has 0 aromatic rings. The second-order valence-corrected chi connectivity index (χ2v) is 20.4. The summed E-state index contributed by atoms with van der Waals surface area (Å²) in [5.74, 6) is -4.64. The molecule has 0 atom stereocenters. The van der Waals surface area contributed by atoms with E-state index in [4.69, 9.17) is 142 Å². The first kappa shape index (κ1) is 115. The van der Waals surface area contributed by atoms with E-state index in [2.05, 4.69) is 13.8 Å². The molecule has 0 spiro atoms. The minimum Gasteiger partial charge on any atom is -0.481 e. The summed E-state index contributed by atoms with van der Waals surface area (Å²) in [4.78, 5) is 56.7. The topological polar surface area (TPSA) is 588 Å². The van der Waals surface area contributed by atoms with Gasteiger partial charge in [-0.15, -0.1) is 0 Å². The van der Waals surface area contributed by atoms with Gasteiger partial charge in [0, 0.05) is 40.5 Å². The lowest BCUT2D eigenvalue weighted by Gasteiger charge is -2.03. The first-order valence-corrected chi connectivity index (χ1v) is 31.9. The average molecular weight is 1360 g/mol. The quantitative estimate of drug-likeness (QED) is 0.0390. The van der Waals surface area contributed by atoms with Gasteiger partial charge in [0.25, 0.3) is 23.9 Å². The molecule has 0 aromatic carbocycles. The van der Waals surface area contributed by atoms with Crippen LogP contribution < -0.4 is 0 Å². The maximum Gasteiger partial charge on any atom is 0.303 e. The third kappa shape index (κ3) is 213. The molecule has 0 saturated heterocycles. The molecule has 30 nitrogen and oxygen atoms in total. The number of carbonyl (C=O) groups is 6. The Balaban J connectivity index is -0.0000000810. The van der Waals surface area contributed by atoms with E-state index >= 15 is 0 Å². The summed E-state index contributed by atoms with van der Waals surface area (Å²) in [6, 6.07) is 0. The van der Waals surface area contributed by atoms with Gasteiger partial charge in [-0.25, -0.2) is 0 Å². The lowest BCUT2D eigenvalue weighted by molar-refractivity contribution is -0.138. The van der Waals surface area contributed by atoms with E-state index in [1.165, 1.54) is 167 Å². The number of aliphatic hydroxyl groups excluding tert-OH is 18. The summed E-state index contributed by atoms with van der Waals surface area (Å²) in [6.07, 6.45) is 34.7. The molecule has 30 heteroatoms. The van der Waals surface area contributed by atoms with E-state index in [-0.39, 0.29) is 79.3 Å². The second-order valence-electron chi connectivity index (χ2n) is 20.4. The van der Waals surface area contributed by atoms with Crippen molar-refractivity contribution in [3.8, 4) is 0 Å². The Morgan fingerprint density at radius 1 is 0.207 bits per heavy atom. The van der Waals surface area contributed by atoms with Gasteiger partial charge in [0.1, 0.15) is 36.6 Å². The molecule has 0 fully saturated rings. The third-order valence-corrected chi connectivity index (χ3v) is 10.5. The monoisotopic (exact) mass is 1360 g/mol. The van der Waals surface area contributed by atoms with Crippen molar-refractivity contribution < 1.29 is 151 Å². The van der Waals surface area contributed by atoms with Crippen molar-refractivity contribution in [3.63, 3.8) is 0 Å². The first-order valence-electron chi connectivity index (χ1n) is 31.9. The van der Waals surface area contributed by atoms with Crippen LogP contribution in [-0.4, -0.2) is 274 Å². The average Bonchev–Trinajstić information content (AvgIpc) is 3.52. The Hall–Kier alpha value is -3.90. The Labute approximate surface area is 548 Å². The maximum atomic E-state index is 10.3. The molecular weight excluding hydrogens is 1220 g/mol. The normalized spacial score (nSPS) is 9.72. The Morgan fingerprint density at radius 2 is 0.293 bits per heavy atom. The minimum absolute atomic E-state index is 0.345. The molecule has 0 unspecified atom stereocenters. The number of rotatable bonds is 44. The van der Waals surface area contributed by atoms with Gasteiger partial charge in [0.05, 0.1) is 79.3 Å². The summed E-state index contributed by atoms with van der Waals surface area (Å²) >= 11 is 0. The van der Waals surface area contributed by atoms with E-state index in [1.807, 2.05) is 0 Å². The predicted molar refractivity (Wildman–Crippen MR) is 349 cm³/mol. The highest BCUT2D eigenvalue weighted by atomic mass is 16.4. The minimum atomic E-state index is -0.954. The van der Waals surface area contributed by atoms with Crippen molar-refractivity contribution in [2.75, 3.05) is 79.3 Å². The molecule has 92 heavy (non-hydrogen) atoms. The zero-order chi connectivity index (χ0) is 74.0. The number of carboxylic acids is 6. The van der Waals surface area contributed by atoms with E-state index in [9.17, 15) is 9.59 Å². The van der Waals surface area contributed by atoms with Gasteiger partial charge in [-0.3, -0.25) is 28.8 Å². The van der Waals surface area contributed by atoms with Crippen LogP contribution in [0, 0.1) is 0 Å². The van der Waals surface area contributed by atoms with Crippen LogP contribution in [0.15, 0.2) is 0 Å². The van der Waals surface area contributed by atoms with Gasteiger partial charge in [-0.2, -0.15) is 0 Å². The van der Waals surface area contributed by atoms with Crippen LogP contribution in [0.2, 0.25) is 0 Å². The fourth-order valence-corrected chi connectivity index (χ4v) is 5.64. The van der Waals surface area contributed by atoms with Gasteiger partial charge >= 0.3 is 11.9 Å². The van der Waals surface area contributed by atoms with Crippen molar-refractivity contribution in [3.05, 3.63) is 0 Å². The molecule has 0 bridgehead atoms. The molecule has 0 aliphatic heterocycles. The van der Waals surface area contributed by atoms with Crippen LogP contribution in [0.3, 0.4) is 0 Å². The predicted octanol–water partition coefficient (Wildman–Crippen LogP) is 3.02. The van der Waals surface area contributed by atoms with Crippen LogP contribution in [0.25, 0.3) is 0 Å². The van der Waals surface area contributed by atoms with Gasteiger partial charge < -0.3 is 123 Å². The van der Waals surface area contributed by atoms with Gasteiger partial charge in [-0.1, -0.05) is 194 Å². The highest BCUT2D eigenvalue weighted by molar-refractivity contribution is 5.67. The van der Waals surface area contributed by atoms with Crippen molar-refractivity contribution in [2.45, 2.75) is 284 Å². The van der Waals surface area contributed by atoms with Crippen LogP contribution in [0.5, 0.6) is 0 Å². The molecule has 0 radical (unpaired) electrons. The van der Waals surface area contributed by atoms with Gasteiger partial charge in [0.15, 0.2) is 0 Å². The maximum absolute atomic E-state index is 10.3. The smallest absolute Gasteiger partial charge is 0.303 e. The summed E-state index contributed by atoms with van der Waals surface area (Å²) in [5.41, 5.74) is 0. The zero-order valence-electron chi connectivity index (χ0n) is 56.8. The van der Waals surface area contributed by atoms with Crippen molar-refractivity contribution in [2.24, 2.45) is 0 Å². The first-order chi connectivity index (χ1) is 43.3. The number of aliphatic carboxylic acids is 6. The van der Waals surface area contributed by atoms with E-state index in [0.717, 1.165) is 53.4 Å². The summed E-state index contributed by atoms with van der Waals surface area (Å²) in [5, 5.41) is 191. The summed E-state index contributed by atoms with van der Waals surface area (Å²) in [7, 11) is 0. The van der Waals surface area contributed by atoms with Crippen LogP contribution in [-0.2, 0) is 28.8 Å². The van der Waals surface area contributed by atoms with Crippen LogP contribution in [0.4, 0.5) is 0 Å². The summed E-state index contributed by atoms with van der Waals surface area (Å²) < 4.78 is 0. The fourth-order valence-electron chi connectivity index (χ4n) is 5.64. The number of unbranched alkanes of at least 4 members (excludes halogenated alkanes) is 28. The number of hydrogen-bond acceptors (Lipinski definition) is 24. The molecular formula is C62H136O30. The molecule has 0 aliphatic carbocycles. The van der Waals surface area contributed by atoms with Crippen LogP contribution in [0.1, 0.15) is 247 Å². The van der Waals surface area contributed by atoms with E-state index in [0.29, 0.717) is 12.8 Å². The third-order valence-electron chi connectivity index (χ3n) is 10.5. The van der Waals surface area contributed by atoms with Crippen LogP contribution >= 0.6 is 0 Å². The standard InChI is InChI=1S/2C18H36O2.6C3H8O3.4C2H4O2/c2*1-2-3-4-5-6-7-8-9-10-11-12-13-14-15-16-17-18(19)20;6*4-1-3(6)2-5;4*1-2(3)4/h2*2-17H2,1H3,(H,19,20);6*3-6H,1-2H2;4*1H3,(H,3,4). The SMILES string of the molecule is CC(=O)O.CC(=O)O.CC(=O)O.CC(=O)O.CCCCCCCCCCCCCCCCCC(=O)O.CCCCCCCCCCCCCCCCCC(=O)O.OCC(O)CO.OCC(O)CO.OCC(O)CO.OCC(O)CO.OCC(O)CO.OCC(O)CO. The fraction of sp³-hybridized carbons (Fsp3) is 0.903. The highest BCUT2D eigenvalue weighted by Gasteiger charge is 2.01. The number of aliphatic hydroxyl groups is 18. The number of hydrogen-bond donors (Lipinski definition) is 24. The van der Waals surface area contributed by atoms with Crippen molar-refractivity contribution in [1.82, 2.24) is 0 Å². The molecule has 0 saturated carbocycles. The Bertz CT molecular complexity index is 1150. The molecule has 24 N–H and O–H groups in total. The van der Waals surface area contributed by atoms with Crippen molar-refractivity contribution in [1.29, 1.82) is 0 Å². The Morgan fingerprint density at radius 3 is 0.359 bits per heavy atom. The van der Waals surface area contributed by atoms with E-state index < -0.39 is 72.4 Å². The molecule has 0 rings (SSSR count). The molecule has 564 valence electrons. The van der Waals surface area contributed by atoms with Crippen molar-refractivity contribution >= 4 is 35.8 Å². The lowest BCUT2D eigenvalue weighted by Crippen LogP contribution is -2.15. The summed E-state index contributed by atoms with van der Waals surface area (Å²) in [6.45, 7) is 4.50. The Kier molecular flexibility index (Phi) is 140. The largest absolute Gasteiger partial charge is 0.481 e. The molecule has 0 amide bonds. The highest BCUT2D eigenvalue weighted by Crippen LogP contribution is 2.15. The number of carboxylic acid groups (broad SMARTS) is 6. The van der Waals surface area contributed by atoms with Gasteiger partial charge in [0.2, 0.25) is 0 Å². The van der Waals surface area contributed by atoms with Gasteiger partial charge in [-0.05, 0) is 12.8 Å². The van der Waals surface area contributed by atoms with E-state index in [1.54, 1.807) is 0 Å². The molecule has 0 aromatic heterocycles. The molecule has 0 heterocycles. The lowest BCUT2D eigenvalue weighted by atomic mass is 10.0. The molecule has 0 aliphatic rings.